The highest BCUT2D eigenvalue weighted by Gasteiger charge is 2.21. The summed E-state index contributed by atoms with van der Waals surface area (Å²) in [6, 6.07) is 3.72. The summed E-state index contributed by atoms with van der Waals surface area (Å²) in [5, 5.41) is -0.0229. The van der Waals surface area contributed by atoms with Gasteiger partial charge in [0, 0.05) is 13.1 Å². The third kappa shape index (κ3) is 4.44. The van der Waals surface area contributed by atoms with Gasteiger partial charge in [-0.3, -0.25) is 4.79 Å². The molecule has 2 rings (SSSR count). The maximum absolute atomic E-state index is 12.0. The molecule has 0 bridgehead atoms. The first kappa shape index (κ1) is 18.7. The first-order valence-corrected chi connectivity index (χ1v) is 8.97. The van der Waals surface area contributed by atoms with Gasteiger partial charge in [-0.15, -0.1) is 0 Å². The molecule has 1 aliphatic heterocycles. The number of ether oxygens (including phenoxy) is 2. The lowest BCUT2D eigenvalue weighted by atomic mass is 10.2. The van der Waals surface area contributed by atoms with Crippen molar-refractivity contribution in [3.8, 4) is 0 Å². The van der Waals surface area contributed by atoms with Crippen LogP contribution in [0.2, 0.25) is 5.02 Å². The van der Waals surface area contributed by atoms with E-state index in [1.807, 2.05) is 0 Å². The van der Waals surface area contributed by atoms with Crippen LogP contribution < -0.4 is 4.72 Å². The lowest BCUT2D eigenvalue weighted by molar-refractivity contribution is -0.138. The molecule has 1 saturated heterocycles. The highest BCUT2D eigenvalue weighted by Crippen LogP contribution is 2.22. The number of amides is 1. The Labute approximate surface area is 144 Å². The zero-order valence-corrected chi connectivity index (χ0v) is 14.5. The number of carbonyl (C=O) groups excluding carboxylic acids is 2. The number of benzene rings is 1. The molecule has 0 aliphatic carbocycles. The maximum atomic E-state index is 12.0. The molecule has 1 N–H and O–H groups in total. The van der Waals surface area contributed by atoms with Crippen LogP contribution in [0.25, 0.3) is 0 Å². The fraction of sp³-hybridized carbons (Fsp3) is 0.429. The van der Waals surface area contributed by atoms with Crippen molar-refractivity contribution in [2.75, 3.05) is 40.0 Å². The predicted octanol–water partition coefficient (Wildman–Crippen LogP) is 0.264. The van der Waals surface area contributed by atoms with E-state index in [1.54, 1.807) is 0 Å². The van der Waals surface area contributed by atoms with E-state index in [2.05, 4.69) is 4.72 Å². The Hall–Kier alpha value is -1.68. The minimum atomic E-state index is -3.81. The summed E-state index contributed by atoms with van der Waals surface area (Å²) >= 11 is 5.85. The number of rotatable bonds is 5. The molecule has 132 valence electrons. The largest absolute Gasteiger partial charge is 0.452 e. The Kier molecular flexibility index (Phi) is 6.16. The van der Waals surface area contributed by atoms with Gasteiger partial charge in [0.15, 0.2) is 6.61 Å². The molecule has 0 spiro atoms. The molecule has 0 unspecified atom stereocenters. The van der Waals surface area contributed by atoms with Gasteiger partial charge >= 0.3 is 5.97 Å². The van der Waals surface area contributed by atoms with Crippen LogP contribution in [0.4, 0.5) is 0 Å². The van der Waals surface area contributed by atoms with E-state index in [1.165, 1.54) is 24.1 Å². The number of nitrogens with one attached hydrogen (secondary N) is 1. The Bertz CT molecular complexity index is 731. The third-order valence-electron chi connectivity index (χ3n) is 3.42. The second-order valence-electron chi connectivity index (χ2n) is 4.92. The number of halogens is 1. The van der Waals surface area contributed by atoms with Gasteiger partial charge in [-0.05, 0) is 25.2 Å². The minimum Gasteiger partial charge on any atom is -0.452 e. The molecule has 8 nitrogen and oxygen atoms in total. The van der Waals surface area contributed by atoms with Crippen LogP contribution in [0.15, 0.2) is 23.1 Å². The number of morpholine rings is 1. The van der Waals surface area contributed by atoms with Crippen molar-refractivity contribution in [1.82, 2.24) is 9.62 Å². The van der Waals surface area contributed by atoms with Crippen LogP contribution in [0.3, 0.4) is 0 Å². The molecule has 10 heteroatoms. The van der Waals surface area contributed by atoms with E-state index in [4.69, 9.17) is 21.1 Å². The summed E-state index contributed by atoms with van der Waals surface area (Å²) < 4.78 is 35.9. The lowest BCUT2D eigenvalue weighted by Gasteiger charge is -2.26. The van der Waals surface area contributed by atoms with Crippen molar-refractivity contribution in [1.29, 1.82) is 0 Å². The van der Waals surface area contributed by atoms with Crippen molar-refractivity contribution < 1.29 is 27.5 Å². The van der Waals surface area contributed by atoms with E-state index in [-0.39, 0.29) is 21.4 Å². The fourth-order valence-electron chi connectivity index (χ4n) is 2.06. The van der Waals surface area contributed by atoms with E-state index in [0.717, 1.165) is 6.07 Å². The molecule has 0 saturated carbocycles. The lowest BCUT2D eigenvalue weighted by Crippen LogP contribution is -2.42. The van der Waals surface area contributed by atoms with Crippen molar-refractivity contribution >= 4 is 33.5 Å². The van der Waals surface area contributed by atoms with Gasteiger partial charge in [0.25, 0.3) is 5.91 Å². The topological polar surface area (TPSA) is 102 Å². The summed E-state index contributed by atoms with van der Waals surface area (Å²) in [7, 11) is -2.58. The molecule has 1 aromatic rings. The van der Waals surface area contributed by atoms with Gasteiger partial charge in [0.1, 0.15) is 4.90 Å². The van der Waals surface area contributed by atoms with Crippen molar-refractivity contribution in [2.24, 2.45) is 0 Å². The van der Waals surface area contributed by atoms with Crippen LogP contribution in [-0.2, 0) is 24.3 Å². The first-order valence-electron chi connectivity index (χ1n) is 7.11. The van der Waals surface area contributed by atoms with E-state index in [9.17, 15) is 18.0 Å². The number of hydrogen-bond acceptors (Lipinski definition) is 6. The average Bonchev–Trinajstić information content (AvgIpc) is 2.60. The van der Waals surface area contributed by atoms with Crippen LogP contribution in [0.1, 0.15) is 10.4 Å². The van der Waals surface area contributed by atoms with Crippen LogP contribution in [0.5, 0.6) is 0 Å². The number of carbonyl (C=O) groups is 2. The third-order valence-corrected chi connectivity index (χ3v) is 5.31. The standard InChI is InChI=1S/C14H17ClN2O6S/c1-16-24(20,21)12-8-10(2-3-11(12)15)14(19)23-9-13(18)17-4-6-22-7-5-17/h2-3,8,16H,4-7,9H2,1H3. The van der Waals surface area contributed by atoms with Crippen LogP contribution in [-0.4, -0.2) is 65.2 Å². The molecule has 1 heterocycles. The molecule has 1 aliphatic rings. The average molecular weight is 377 g/mol. The molecule has 0 atom stereocenters. The molecule has 1 aromatic carbocycles. The Morgan fingerprint density at radius 3 is 2.62 bits per heavy atom. The minimum absolute atomic E-state index is 0.0111. The number of esters is 1. The second-order valence-corrected chi connectivity index (χ2v) is 7.18. The summed E-state index contributed by atoms with van der Waals surface area (Å²) in [6.45, 7) is 1.36. The smallest absolute Gasteiger partial charge is 0.338 e. The first-order chi connectivity index (χ1) is 11.3. The van der Waals surface area contributed by atoms with Gasteiger partial charge in [-0.2, -0.15) is 0 Å². The molecule has 0 aromatic heterocycles. The number of nitrogens with zero attached hydrogens (tertiary/aromatic N) is 1. The SMILES string of the molecule is CNS(=O)(=O)c1cc(C(=O)OCC(=O)N2CCOCC2)ccc1Cl. The highest BCUT2D eigenvalue weighted by atomic mass is 35.5. The van der Waals surface area contributed by atoms with Crippen molar-refractivity contribution in [3.05, 3.63) is 28.8 Å². The summed E-state index contributed by atoms with van der Waals surface area (Å²) in [5.74, 6) is -1.13. The highest BCUT2D eigenvalue weighted by molar-refractivity contribution is 7.89. The molecule has 24 heavy (non-hydrogen) atoms. The Balaban J connectivity index is 2.05. The van der Waals surface area contributed by atoms with Crippen molar-refractivity contribution in [2.45, 2.75) is 4.90 Å². The number of sulfonamides is 1. The number of hydrogen-bond donors (Lipinski definition) is 1. The van der Waals surface area contributed by atoms with Crippen LogP contribution in [0, 0.1) is 0 Å². The zero-order valence-electron chi connectivity index (χ0n) is 13.0. The quantitative estimate of drug-likeness (QED) is 0.740. The van der Waals surface area contributed by atoms with Gasteiger partial charge < -0.3 is 14.4 Å². The van der Waals surface area contributed by atoms with Crippen LogP contribution >= 0.6 is 11.6 Å². The van der Waals surface area contributed by atoms with Crippen molar-refractivity contribution in [3.63, 3.8) is 0 Å². The zero-order chi connectivity index (χ0) is 17.7. The Morgan fingerprint density at radius 2 is 2.00 bits per heavy atom. The van der Waals surface area contributed by atoms with Gasteiger partial charge in [0.05, 0.1) is 23.8 Å². The summed E-state index contributed by atoms with van der Waals surface area (Å²) in [6.07, 6.45) is 0. The molecule has 0 radical (unpaired) electrons. The van der Waals surface area contributed by atoms with Gasteiger partial charge in [0.2, 0.25) is 10.0 Å². The molecular formula is C14H17ClN2O6S. The van der Waals surface area contributed by atoms with E-state index >= 15 is 0 Å². The summed E-state index contributed by atoms with van der Waals surface area (Å²) in [5.41, 5.74) is -0.0111. The van der Waals surface area contributed by atoms with Gasteiger partial charge in [-0.25, -0.2) is 17.9 Å². The predicted molar refractivity (Wildman–Crippen MR) is 85.4 cm³/mol. The fourth-order valence-corrected chi connectivity index (χ4v) is 3.31. The molecular weight excluding hydrogens is 360 g/mol. The van der Waals surface area contributed by atoms with E-state index < -0.39 is 22.6 Å². The van der Waals surface area contributed by atoms with Gasteiger partial charge in [-0.1, -0.05) is 11.6 Å². The molecule has 1 fully saturated rings. The monoisotopic (exact) mass is 376 g/mol. The normalized spacial score (nSPS) is 15.2. The molecule has 1 amide bonds. The Morgan fingerprint density at radius 1 is 1.33 bits per heavy atom. The second kappa shape index (κ2) is 7.93. The maximum Gasteiger partial charge on any atom is 0.338 e. The summed E-state index contributed by atoms with van der Waals surface area (Å²) in [4.78, 5) is 25.3. The van der Waals surface area contributed by atoms with E-state index in [0.29, 0.717) is 26.3 Å².